The van der Waals surface area contributed by atoms with Crippen LogP contribution in [0.25, 0.3) is 11.0 Å². The van der Waals surface area contributed by atoms with Crippen LogP contribution in [0.3, 0.4) is 0 Å². The summed E-state index contributed by atoms with van der Waals surface area (Å²) in [5.41, 5.74) is 4.70. The van der Waals surface area contributed by atoms with E-state index in [0.29, 0.717) is 28.3 Å². The SMILES string of the molecule is CCC(C)(C)NC(=O)[C@H](c1ccc(OC)c(OC)c1)N(C(=O)Cn1nnc2ccccc21)c1ccc2c(c1)CCC2. The number of carbonyl (C=O) groups excluding carboxylic acids is 2. The van der Waals surface area contributed by atoms with Gasteiger partial charge >= 0.3 is 0 Å². The Kier molecular flexibility index (Phi) is 7.97. The smallest absolute Gasteiger partial charge is 0.249 e. The zero-order valence-electron chi connectivity index (χ0n) is 24.3. The van der Waals surface area contributed by atoms with Gasteiger partial charge in [-0.15, -0.1) is 5.10 Å². The summed E-state index contributed by atoms with van der Waals surface area (Å²) in [6, 6.07) is 17.9. The number of methoxy groups -OCH3 is 2. The molecule has 1 N–H and O–H groups in total. The zero-order chi connectivity index (χ0) is 29.1. The van der Waals surface area contributed by atoms with Crippen LogP contribution in [-0.4, -0.2) is 46.6 Å². The van der Waals surface area contributed by atoms with E-state index in [2.05, 4.69) is 21.7 Å². The molecule has 1 atom stereocenters. The van der Waals surface area contributed by atoms with Gasteiger partial charge in [0, 0.05) is 11.2 Å². The minimum absolute atomic E-state index is 0.0914. The van der Waals surface area contributed by atoms with Crippen LogP contribution >= 0.6 is 0 Å². The number of ether oxygens (including phenoxy) is 2. The van der Waals surface area contributed by atoms with Crippen LogP contribution in [0.15, 0.2) is 60.7 Å². The van der Waals surface area contributed by atoms with E-state index in [-0.39, 0.29) is 18.4 Å². The third kappa shape index (κ3) is 5.75. The summed E-state index contributed by atoms with van der Waals surface area (Å²) in [5.74, 6) is 0.430. The Hall–Kier alpha value is -4.40. The number of amides is 2. The minimum Gasteiger partial charge on any atom is -0.493 e. The Morgan fingerprint density at radius 3 is 2.51 bits per heavy atom. The summed E-state index contributed by atoms with van der Waals surface area (Å²) in [5, 5.41) is 11.7. The van der Waals surface area contributed by atoms with E-state index in [4.69, 9.17) is 9.47 Å². The van der Waals surface area contributed by atoms with E-state index in [1.54, 1.807) is 35.9 Å². The maximum atomic E-state index is 14.4. The number of fused-ring (bicyclic) bond motifs is 2. The molecule has 214 valence electrons. The van der Waals surface area contributed by atoms with Crippen LogP contribution in [-0.2, 0) is 29.0 Å². The van der Waals surface area contributed by atoms with E-state index in [9.17, 15) is 9.59 Å². The molecular weight excluding hydrogens is 518 g/mol. The second-order valence-electron chi connectivity index (χ2n) is 11.0. The number of anilines is 1. The average Bonchev–Trinajstić information content (AvgIpc) is 3.61. The van der Waals surface area contributed by atoms with Crippen molar-refractivity contribution < 1.29 is 19.1 Å². The highest BCUT2D eigenvalue weighted by atomic mass is 16.5. The van der Waals surface area contributed by atoms with Gasteiger partial charge in [0.1, 0.15) is 18.1 Å². The molecule has 0 bridgehead atoms. The van der Waals surface area contributed by atoms with Crippen LogP contribution in [0.5, 0.6) is 11.5 Å². The summed E-state index contributed by atoms with van der Waals surface area (Å²) < 4.78 is 12.6. The number of aromatic nitrogens is 3. The number of hydrogen-bond acceptors (Lipinski definition) is 6. The molecule has 1 aliphatic carbocycles. The highest BCUT2D eigenvalue weighted by Gasteiger charge is 2.36. The summed E-state index contributed by atoms with van der Waals surface area (Å²) in [6.45, 7) is 5.87. The second-order valence-corrected chi connectivity index (χ2v) is 11.0. The number of nitrogens with zero attached hydrogens (tertiary/aromatic N) is 4. The quantitative estimate of drug-likeness (QED) is 0.295. The van der Waals surface area contributed by atoms with Gasteiger partial charge in [0.25, 0.3) is 0 Å². The van der Waals surface area contributed by atoms with Crippen LogP contribution in [0.4, 0.5) is 5.69 Å². The van der Waals surface area contributed by atoms with Gasteiger partial charge in [-0.25, -0.2) is 4.68 Å². The lowest BCUT2D eigenvalue weighted by Crippen LogP contribution is -2.51. The summed E-state index contributed by atoms with van der Waals surface area (Å²) in [7, 11) is 3.12. The highest BCUT2D eigenvalue weighted by molar-refractivity contribution is 6.02. The first-order valence-electron chi connectivity index (χ1n) is 14.0. The van der Waals surface area contributed by atoms with Crippen LogP contribution in [0.1, 0.15) is 56.3 Å². The minimum atomic E-state index is -0.984. The number of hydrogen-bond donors (Lipinski definition) is 1. The van der Waals surface area contributed by atoms with Crippen molar-refractivity contribution >= 4 is 28.5 Å². The molecule has 0 aliphatic heterocycles. The van der Waals surface area contributed by atoms with Crippen molar-refractivity contribution in [2.24, 2.45) is 0 Å². The molecule has 1 aromatic heterocycles. The first-order valence-corrected chi connectivity index (χ1v) is 14.0. The van der Waals surface area contributed by atoms with Crippen molar-refractivity contribution in [3.8, 4) is 11.5 Å². The molecular formula is C32H37N5O4. The topological polar surface area (TPSA) is 98.6 Å². The Morgan fingerprint density at radius 2 is 1.76 bits per heavy atom. The maximum absolute atomic E-state index is 14.4. The first-order chi connectivity index (χ1) is 19.7. The second kappa shape index (κ2) is 11.6. The zero-order valence-corrected chi connectivity index (χ0v) is 24.3. The van der Waals surface area contributed by atoms with Crippen molar-refractivity contribution in [3.05, 3.63) is 77.4 Å². The van der Waals surface area contributed by atoms with Gasteiger partial charge in [0.15, 0.2) is 11.5 Å². The van der Waals surface area contributed by atoms with Crippen molar-refractivity contribution in [2.45, 2.75) is 64.6 Å². The maximum Gasteiger partial charge on any atom is 0.249 e. The van der Waals surface area contributed by atoms with E-state index in [1.165, 1.54) is 11.1 Å². The number of nitrogens with one attached hydrogen (secondary N) is 1. The summed E-state index contributed by atoms with van der Waals surface area (Å²) in [6.07, 6.45) is 3.74. The normalized spacial score (nSPS) is 13.5. The molecule has 4 aromatic rings. The predicted molar refractivity (Wildman–Crippen MR) is 158 cm³/mol. The molecule has 9 nitrogen and oxygen atoms in total. The number of rotatable bonds is 10. The Bertz CT molecular complexity index is 1580. The first kappa shape index (κ1) is 28.1. The van der Waals surface area contributed by atoms with Crippen LogP contribution < -0.4 is 19.7 Å². The molecule has 0 saturated heterocycles. The van der Waals surface area contributed by atoms with Crippen molar-refractivity contribution in [1.29, 1.82) is 0 Å². The average molecular weight is 556 g/mol. The highest BCUT2D eigenvalue weighted by Crippen LogP contribution is 2.36. The molecule has 0 fully saturated rings. The third-order valence-corrected chi connectivity index (χ3v) is 7.91. The van der Waals surface area contributed by atoms with E-state index in [0.717, 1.165) is 31.2 Å². The predicted octanol–water partition coefficient (Wildman–Crippen LogP) is 5.02. The fourth-order valence-electron chi connectivity index (χ4n) is 5.31. The van der Waals surface area contributed by atoms with Gasteiger partial charge in [-0.05, 0) is 92.6 Å². The van der Waals surface area contributed by atoms with E-state index < -0.39 is 11.6 Å². The van der Waals surface area contributed by atoms with Gasteiger partial charge < -0.3 is 14.8 Å². The molecule has 2 amide bonds. The van der Waals surface area contributed by atoms with E-state index in [1.807, 2.05) is 63.2 Å². The van der Waals surface area contributed by atoms with Gasteiger partial charge in [0.05, 0.1) is 19.7 Å². The molecule has 0 radical (unpaired) electrons. The molecule has 1 aliphatic rings. The van der Waals surface area contributed by atoms with Gasteiger partial charge in [-0.3, -0.25) is 14.5 Å². The lowest BCUT2D eigenvalue weighted by atomic mass is 9.97. The Balaban J connectivity index is 1.65. The Labute approximate surface area is 240 Å². The van der Waals surface area contributed by atoms with Crippen molar-refractivity contribution in [2.75, 3.05) is 19.1 Å². The van der Waals surface area contributed by atoms with Gasteiger partial charge in [-0.2, -0.15) is 0 Å². The summed E-state index contributed by atoms with van der Waals surface area (Å²) >= 11 is 0. The number of benzene rings is 3. The molecule has 9 heteroatoms. The molecule has 5 rings (SSSR count). The largest absolute Gasteiger partial charge is 0.493 e. The standard InChI is InChI=1S/C32H37N5O4/c1-6-32(2,3)33-31(39)30(23-15-17-27(40-4)28(19-23)41-5)37(24-16-14-21-10-9-11-22(21)18-24)29(38)20-36-26-13-8-7-12-25(26)34-35-36/h7-8,12-19,30H,6,9-11,20H2,1-5H3,(H,33,39)/t30-/m0/s1. The monoisotopic (exact) mass is 555 g/mol. The van der Waals surface area contributed by atoms with E-state index >= 15 is 0 Å². The van der Waals surface area contributed by atoms with Gasteiger partial charge in [0.2, 0.25) is 11.8 Å². The fourth-order valence-corrected chi connectivity index (χ4v) is 5.31. The molecule has 3 aromatic carbocycles. The molecule has 0 unspecified atom stereocenters. The number of para-hydroxylation sites is 1. The fraction of sp³-hybridized carbons (Fsp3) is 0.375. The van der Waals surface area contributed by atoms with Crippen LogP contribution in [0.2, 0.25) is 0 Å². The third-order valence-electron chi connectivity index (χ3n) is 7.91. The van der Waals surface area contributed by atoms with Crippen molar-refractivity contribution in [3.63, 3.8) is 0 Å². The Morgan fingerprint density at radius 1 is 1.00 bits per heavy atom. The molecule has 0 spiro atoms. The molecule has 41 heavy (non-hydrogen) atoms. The number of aryl methyl sites for hydroxylation is 2. The van der Waals surface area contributed by atoms with Crippen LogP contribution in [0, 0.1) is 0 Å². The van der Waals surface area contributed by atoms with Crippen molar-refractivity contribution in [1.82, 2.24) is 20.3 Å². The summed E-state index contributed by atoms with van der Waals surface area (Å²) in [4.78, 5) is 30.2. The lowest BCUT2D eigenvalue weighted by Gasteiger charge is -2.35. The van der Waals surface area contributed by atoms with Gasteiger partial charge in [-0.1, -0.05) is 36.4 Å². The number of carbonyl (C=O) groups is 2. The lowest BCUT2D eigenvalue weighted by molar-refractivity contribution is -0.128. The molecule has 0 saturated carbocycles. The molecule has 1 heterocycles.